The first kappa shape index (κ1) is 13.4. The van der Waals surface area contributed by atoms with Crippen molar-refractivity contribution in [3.63, 3.8) is 0 Å². The van der Waals surface area contributed by atoms with Gasteiger partial charge in [-0.1, -0.05) is 6.07 Å². The van der Waals surface area contributed by atoms with Crippen LogP contribution in [-0.4, -0.2) is 23.2 Å². The van der Waals surface area contributed by atoms with Gasteiger partial charge in [0.1, 0.15) is 0 Å². The molecule has 0 saturated heterocycles. The number of hydrogen-bond acceptors (Lipinski definition) is 3. The number of amides is 2. The van der Waals surface area contributed by atoms with E-state index in [2.05, 4.69) is 15.8 Å². The van der Waals surface area contributed by atoms with E-state index in [0.717, 1.165) is 5.69 Å². The third-order valence-corrected chi connectivity index (χ3v) is 1.84. The quantitative estimate of drug-likeness (QED) is 0.783. The summed E-state index contributed by atoms with van der Waals surface area (Å²) in [5.41, 5.74) is 2.90. The van der Waals surface area contributed by atoms with Gasteiger partial charge in [0.25, 0.3) is 0 Å². The number of pyridine rings is 1. The number of rotatable bonds is 4. The van der Waals surface area contributed by atoms with Gasteiger partial charge in [-0.05, 0) is 32.9 Å². The molecule has 0 bridgehead atoms. The second-order valence-corrected chi connectivity index (χ2v) is 4.64. The molecule has 1 rings (SSSR count). The standard InChI is InChI=1S/C12H19N3O2/c1-12(2,3)17-15-11(16)14-9-7-10-6-4-5-8-13-10/h4-6,8H,7,9H2,1-3H3,(H2,14,15,16). The lowest BCUT2D eigenvalue weighted by Gasteiger charge is -2.19. The van der Waals surface area contributed by atoms with Crippen molar-refractivity contribution < 1.29 is 9.63 Å². The lowest BCUT2D eigenvalue weighted by Crippen LogP contribution is -2.41. The molecule has 0 fully saturated rings. The maximum Gasteiger partial charge on any atom is 0.338 e. The number of nitrogens with zero attached hydrogens (tertiary/aromatic N) is 1. The number of carbonyl (C=O) groups is 1. The topological polar surface area (TPSA) is 63.2 Å². The molecule has 17 heavy (non-hydrogen) atoms. The van der Waals surface area contributed by atoms with Gasteiger partial charge in [-0.15, -0.1) is 0 Å². The maximum atomic E-state index is 11.3. The molecule has 1 aromatic heterocycles. The Bertz CT molecular complexity index is 347. The third kappa shape index (κ3) is 6.52. The molecule has 2 amide bonds. The van der Waals surface area contributed by atoms with E-state index < -0.39 is 5.60 Å². The summed E-state index contributed by atoms with van der Waals surface area (Å²) in [6, 6.07) is 5.37. The van der Waals surface area contributed by atoms with E-state index in [1.165, 1.54) is 0 Å². The summed E-state index contributed by atoms with van der Waals surface area (Å²) >= 11 is 0. The average Bonchev–Trinajstić information content (AvgIpc) is 2.27. The summed E-state index contributed by atoms with van der Waals surface area (Å²) in [4.78, 5) is 20.6. The Kier molecular flexibility index (Phi) is 4.90. The molecule has 2 N–H and O–H groups in total. The summed E-state index contributed by atoms with van der Waals surface area (Å²) in [5.74, 6) is 0. The Labute approximate surface area is 102 Å². The Hall–Kier alpha value is -1.62. The molecule has 0 aliphatic carbocycles. The monoisotopic (exact) mass is 237 g/mol. The largest absolute Gasteiger partial charge is 0.338 e. The van der Waals surface area contributed by atoms with Gasteiger partial charge in [0.05, 0.1) is 5.60 Å². The molecule has 0 radical (unpaired) electrons. The molecule has 1 heterocycles. The molecule has 5 nitrogen and oxygen atoms in total. The number of aromatic nitrogens is 1. The minimum absolute atomic E-state index is 0.337. The predicted octanol–water partition coefficient (Wildman–Crippen LogP) is 1.65. The van der Waals surface area contributed by atoms with Crippen molar-refractivity contribution >= 4 is 6.03 Å². The minimum Gasteiger partial charge on any atom is -0.336 e. The maximum absolute atomic E-state index is 11.3. The van der Waals surface area contributed by atoms with Crippen LogP contribution in [0.15, 0.2) is 24.4 Å². The molecule has 1 aromatic rings. The molecule has 0 unspecified atom stereocenters. The highest BCUT2D eigenvalue weighted by atomic mass is 16.7. The second kappa shape index (κ2) is 6.20. The van der Waals surface area contributed by atoms with Crippen molar-refractivity contribution in [2.45, 2.75) is 32.8 Å². The Morgan fingerprint density at radius 2 is 2.18 bits per heavy atom. The molecule has 0 aromatic carbocycles. The van der Waals surface area contributed by atoms with Crippen molar-refractivity contribution in [2.75, 3.05) is 6.54 Å². The fourth-order valence-corrected chi connectivity index (χ4v) is 1.09. The Morgan fingerprint density at radius 3 is 2.76 bits per heavy atom. The van der Waals surface area contributed by atoms with Crippen LogP contribution >= 0.6 is 0 Å². The summed E-state index contributed by atoms with van der Waals surface area (Å²) < 4.78 is 0. The fourth-order valence-electron chi connectivity index (χ4n) is 1.09. The molecular weight excluding hydrogens is 218 g/mol. The van der Waals surface area contributed by atoms with E-state index >= 15 is 0 Å². The summed E-state index contributed by atoms with van der Waals surface area (Å²) in [6.07, 6.45) is 2.43. The normalized spacial score (nSPS) is 11.0. The van der Waals surface area contributed by atoms with Crippen molar-refractivity contribution in [3.05, 3.63) is 30.1 Å². The van der Waals surface area contributed by atoms with Crippen molar-refractivity contribution in [2.24, 2.45) is 0 Å². The van der Waals surface area contributed by atoms with Gasteiger partial charge in [-0.2, -0.15) is 0 Å². The molecule has 0 aliphatic rings. The number of hydrogen-bond donors (Lipinski definition) is 2. The molecule has 94 valence electrons. The summed E-state index contributed by atoms with van der Waals surface area (Å²) in [7, 11) is 0. The Morgan fingerprint density at radius 1 is 1.41 bits per heavy atom. The smallest absolute Gasteiger partial charge is 0.336 e. The number of urea groups is 1. The zero-order valence-corrected chi connectivity index (χ0v) is 10.5. The number of hydroxylamine groups is 1. The van der Waals surface area contributed by atoms with Crippen LogP contribution < -0.4 is 10.8 Å². The van der Waals surface area contributed by atoms with E-state index in [1.807, 2.05) is 39.0 Å². The van der Waals surface area contributed by atoms with Gasteiger partial charge in [0.15, 0.2) is 0 Å². The highest BCUT2D eigenvalue weighted by Gasteiger charge is 2.12. The van der Waals surface area contributed by atoms with Gasteiger partial charge in [0, 0.05) is 24.9 Å². The van der Waals surface area contributed by atoms with Crippen LogP contribution in [0.5, 0.6) is 0 Å². The SMILES string of the molecule is CC(C)(C)ONC(=O)NCCc1ccccn1. The van der Waals surface area contributed by atoms with Crippen LogP contribution in [-0.2, 0) is 11.3 Å². The Balaban J connectivity index is 2.17. The van der Waals surface area contributed by atoms with Crippen molar-refractivity contribution in [1.82, 2.24) is 15.8 Å². The highest BCUT2D eigenvalue weighted by molar-refractivity contribution is 5.72. The van der Waals surface area contributed by atoms with Crippen molar-refractivity contribution in [1.29, 1.82) is 0 Å². The molecule has 0 aliphatic heterocycles. The third-order valence-electron chi connectivity index (χ3n) is 1.84. The van der Waals surface area contributed by atoms with Crippen LogP contribution in [0.4, 0.5) is 4.79 Å². The first-order chi connectivity index (χ1) is 7.97. The highest BCUT2D eigenvalue weighted by Crippen LogP contribution is 2.03. The number of nitrogens with one attached hydrogen (secondary N) is 2. The lowest BCUT2D eigenvalue weighted by molar-refractivity contribution is -0.0528. The number of carbonyl (C=O) groups excluding carboxylic acids is 1. The van der Waals surface area contributed by atoms with Crippen LogP contribution in [0, 0.1) is 0 Å². The fraction of sp³-hybridized carbons (Fsp3) is 0.500. The van der Waals surface area contributed by atoms with Crippen LogP contribution in [0.3, 0.4) is 0 Å². The van der Waals surface area contributed by atoms with Crippen LogP contribution in [0.25, 0.3) is 0 Å². The molecule has 0 atom stereocenters. The molecule has 5 heteroatoms. The molecule has 0 saturated carbocycles. The van der Waals surface area contributed by atoms with Crippen LogP contribution in [0.2, 0.25) is 0 Å². The molecule has 0 spiro atoms. The van der Waals surface area contributed by atoms with E-state index in [4.69, 9.17) is 4.84 Å². The van der Waals surface area contributed by atoms with Crippen LogP contribution in [0.1, 0.15) is 26.5 Å². The zero-order chi connectivity index (χ0) is 12.7. The first-order valence-electron chi connectivity index (χ1n) is 5.59. The van der Waals surface area contributed by atoms with Gasteiger partial charge in [-0.25, -0.2) is 10.3 Å². The second-order valence-electron chi connectivity index (χ2n) is 4.64. The van der Waals surface area contributed by atoms with E-state index in [9.17, 15) is 4.79 Å². The summed E-state index contributed by atoms with van der Waals surface area (Å²) in [5, 5.41) is 2.69. The average molecular weight is 237 g/mol. The zero-order valence-electron chi connectivity index (χ0n) is 10.5. The van der Waals surface area contributed by atoms with E-state index in [-0.39, 0.29) is 6.03 Å². The van der Waals surface area contributed by atoms with E-state index in [0.29, 0.717) is 13.0 Å². The van der Waals surface area contributed by atoms with Gasteiger partial charge in [0.2, 0.25) is 0 Å². The molecular formula is C12H19N3O2. The first-order valence-corrected chi connectivity index (χ1v) is 5.59. The minimum atomic E-state index is -0.391. The van der Waals surface area contributed by atoms with Crippen molar-refractivity contribution in [3.8, 4) is 0 Å². The summed E-state index contributed by atoms with van der Waals surface area (Å²) in [6.45, 7) is 6.11. The van der Waals surface area contributed by atoms with E-state index in [1.54, 1.807) is 6.20 Å². The van der Waals surface area contributed by atoms with Gasteiger partial charge in [-0.3, -0.25) is 9.82 Å². The van der Waals surface area contributed by atoms with Gasteiger partial charge >= 0.3 is 6.03 Å². The lowest BCUT2D eigenvalue weighted by atomic mass is 10.2. The van der Waals surface area contributed by atoms with Gasteiger partial charge < -0.3 is 5.32 Å². The predicted molar refractivity (Wildman–Crippen MR) is 65.3 cm³/mol.